The van der Waals surface area contributed by atoms with Crippen LogP contribution in [-0.2, 0) is 13.0 Å². The summed E-state index contributed by atoms with van der Waals surface area (Å²) in [5.41, 5.74) is 4.76. The highest BCUT2D eigenvalue weighted by atomic mass is 79.9. The van der Waals surface area contributed by atoms with Gasteiger partial charge in [-0.3, -0.25) is 4.90 Å². The van der Waals surface area contributed by atoms with Crippen LogP contribution in [0.25, 0.3) is 0 Å². The summed E-state index contributed by atoms with van der Waals surface area (Å²) in [4.78, 5) is 10.4. The van der Waals surface area contributed by atoms with Crippen molar-refractivity contribution in [1.29, 1.82) is 0 Å². The number of hydrogen-bond acceptors (Lipinski definition) is 2. The summed E-state index contributed by atoms with van der Waals surface area (Å²) < 4.78 is 1.09. The molecule has 0 amide bonds. The van der Waals surface area contributed by atoms with Gasteiger partial charge in [0, 0.05) is 34.7 Å². The second kappa shape index (κ2) is 6.71. The van der Waals surface area contributed by atoms with Crippen molar-refractivity contribution in [3.63, 3.8) is 0 Å². The van der Waals surface area contributed by atoms with Gasteiger partial charge in [0.2, 0.25) is 0 Å². The maximum absolute atomic E-state index is 6.38. The maximum Gasteiger partial charge on any atom is 0.0926 e. The van der Waals surface area contributed by atoms with Gasteiger partial charge in [0.1, 0.15) is 0 Å². The molecule has 0 bridgehead atoms. The smallest absolute Gasteiger partial charge is 0.0926 e. The zero-order chi connectivity index (χ0) is 16.5. The van der Waals surface area contributed by atoms with E-state index < -0.39 is 0 Å². The van der Waals surface area contributed by atoms with Gasteiger partial charge in [0.15, 0.2) is 0 Å². The Kier molecular flexibility index (Phi) is 4.44. The number of aromatic nitrogens is 2. The summed E-state index contributed by atoms with van der Waals surface area (Å²) in [6.45, 7) is 1.79. The molecule has 1 unspecified atom stereocenters. The van der Waals surface area contributed by atoms with Crippen molar-refractivity contribution in [1.82, 2.24) is 14.9 Å². The van der Waals surface area contributed by atoms with Crippen LogP contribution in [0.5, 0.6) is 0 Å². The van der Waals surface area contributed by atoms with Crippen molar-refractivity contribution in [2.75, 3.05) is 6.54 Å². The molecule has 3 aromatic rings. The third-order valence-electron chi connectivity index (χ3n) is 4.54. The summed E-state index contributed by atoms with van der Waals surface area (Å²) in [6, 6.07) is 16.7. The molecule has 1 aliphatic heterocycles. The minimum absolute atomic E-state index is 0.143. The monoisotopic (exact) mass is 401 g/mol. The van der Waals surface area contributed by atoms with E-state index >= 15 is 0 Å². The first kappa shape index (κ1) is 15.9. The number of nitrogens with one attached hydrogen (secondary N) is 1. The fourth-order valence-electron chi connectivity index (χ4n) is 3.35. The first-order valence-corrected chi connectivity index (χ1v) is 9.14. The Morgan fingerprint density at radius 2 is 1.96 bits per heavy atom. The molecule has 1 N–H and O–H groups in total. The normalized spacial score (nSPS) is 17.7. The van der Waals surface area contributed by atoms with Crippen LogP contribution in [0.3, 0.4) is 0 Å². The number of fused-ring (bicyclic) bond motifs is 1. The molecule has 1 aromatic heterocycles. The van der Waals surface area contributed by atoms with Crippen LogP contribution in [0.1, 0.15) is 28.6 Å². The van der Waals surface area contributed by atoms with E-state index in [1.54, 1.807) is 6.33 Å². The van der Waals surface area contributed by atoms with Crippen LogP contribution < -0.4 is 0 Å². The molecule has 2 aromatic carbocycles. The average molecular weight is 403 g/mol. The van der Waals surface area contributed by atoms with Gasteiger partial charge in [-0.15, -0.1) is 0 Å². The lowest BCUT2D eigenvalue weighted by atomic mass is 9.95. The van der Waals surface area contributed by atoms with Gasteiger partial charge in [-0.1, -0.05) is 57.9 Å². The number of aromatic amines is 1. The van der Waals surface area contributed by atoms with Crippen LogP contribution in [0.4, 0.5) is 0 Å². The molecule has 0 saturated heterocycles. The van der Waals surface area contributed by atoms with Gasteiger partial charge in [0.05, 0.1) is 18.1 Å². The molecule has 24 heavy (non-hydrogen) atoms. The fourth-order valence-corrected chi connectivity index (χ4v) is 3.81. The Bertz CT molecular complexity index is 844. The predicted octanol–water partition coefficient (Wildman–Crippen LogP) is 4.97. The molecule has 0 aliphatic carbocycles. The summed E-state index contributed by atoms with van der Waals surface area (Å²) in [7, 11) is 0. The Balaban J connectivity index is 1.72. The molecule has 1 aliphatic rings. The lowest BCUT2D eigenvalue weighted by molar-refractivity contribution is 0.200. The Hall–Kier alpha value is -1.62. The largest absolute Gasteiger partial charge is 0.348 e. The van der Waals surface area contributed by atoms with E-state index in [0.717, 1.165) is 40.3 Å². The molecule has 0 spiro atoms. The van der Waals surface area contributed by atoms with Crippen LogP contribution in [0.15, 0.2) is 59.3 Å². The predicted molar refractivity (Wildman–Crippen MR) is 100 cm³/mol. The number of rotatable bonds is 3. The number of nitrogens with zero attached hydrogens (tertiary/aromatic N) is 2. The number of halogens is 2. The standard InChI is InChI=1S/C19H17BrClN3/c20-15-7-5-13(6-8-15)19-18-17(22-12-23-18)9-10-24(19)11-14-3-1-2-4-16(14)21/h1-8,12,19H,9-11H2,(H,22,23). The Morgan fingerprint density at radius 3 is 2.75 bits per heavy atom. The van der Waals surface area contributed by atoms with Crippen molar-refractivity contribution >= 4 is 27.5 Å². The molecule has 0 radical (unpaired) electrons. The molecule has 122 valence electrons. The van der Waals surface area contributed by atoms with E-state index in [2.05, 4.69) is 61.1 Å². The Morgan fingerprint density at radius 1 is 1.17 bits per heavy atom. The van der Waals surface area contributed by atoms with E-state index in [9.17, 15) is 0 Å². The number of benzene rings is 2. The first-order valence-electron chi connectivity index (χ1n) is 7.97. The third kappa shape index (κ3) is 3.02. The lowest BCUT2D eigenvalue weighted by Crippen LogP contribution is -2.35. The van der Waals surface area contributed by atoms with Crippen LogP contribution in [-0.4, -0.2) is 21.4 Å². The molecule has 3 nitrogen and oxygen atoms in total. The summed E-state index contributed by atoms with van der Waals surface area (Å²) in [6.07, 6.45) is 2.78. The van der Waals surface area contributed by atoms with Crippen molar-refractivity contribution in [3.8, 4) is 0 Å². The van der Waals surface area contributed by atoms with Gasteiger partial charge in [-0.25, -0.2) is 4.98 Å². The highest BCUT2D eigenvalue weighted by Crippen LogP contribution is 2.35. The minimum atomic E-state index is 0.143. The third-order valence-corrected chi connectivity index (χ3v) is 5.44. The van der Waals surface area contributed by atoms with Gasteiger partial charge < -0.3 is 4.98 Å². The summed E-state index contributed by atoms with van der Waals surface area (Å²) in [5, 5.41) is 0.819. The second-order valence-corrected chi connectivity index (χ2v) is 7.36. The van der Waals surface area contributed by atoms with Crippen molar-refractivity contribution in [2.45, 2.75) is 19.0 Å². The van der Waals surface area contributed by atoms with Gasteiger partial charge >= 0.3 is 0 Å². The number of H-pyrrole nitrogens is 1. The van der Waals surface area contributed by atoms with Crippen molar-refractivity contribution in [3.05, 3.63) is 86.9 Å². The zero-order valence-electron chi connectivity index (χ0n) is 13.0. The fraction of sp³-hybridized carbons (Fsp3) is 0.211. The van der Waals surface area contributed by atoms with Crippen LogP contribution in [0.2, 0.25) is 5.02 Å². The maximum atomic E-state index is 6.38. The van der Waals surface area contributed by atoms with E-state index in [4.69, 9.17) is 11.6 Å². The van der Waals surface area contributed by atoms with Crippen LogP contribution in [0, 0.1) is 0 Å². The van der Waals surface area contributed by atoms with E-state index in [1.807, 2.05) is 18.2 Å². The van der Waals surface area contributed by atoms with E-state index in [-0.39, 0.29) is 6.04 Å². The topological polar surface area (TPSA) is 31.9 Å². The SMILES string of the molecule is Clc1ccccc1CN1CCc2[nH]cnc2C1c1ccc(Br)cc1. The molecule has 4 rings (SSSR count). The van der Waals surface area contributed by atoms with Gasteiger partial charge in [-0.05, 0) is 29.3 Å². The number of hydrogen-bond donors (Lipinski definition) is 1. The van der Waals surface area contributed by atoms with Crippen molar-refractivity contribution < 1.29 is 0 Å². The molecular formula is C19H17BrClN3. The zero-order valence-corrected chi connectivity index (χ0v) is 15.4. The van der Waals surface area contributed by atoms with Gasteiger partial charge in [0.25, 0.3) is 0 Å². The second-order valence-electron chi connectivity index (χ2n) is 6.03. The molecule has 2 heterocycles. The molecular weight excluding hydrogens is 386 g/mol. The lowest BCUT2D eigenvalue weighted by Gasteiger charge is -2.35. The minimum Gasteiger partial charge on any atom is -0.348 e. The van der Waals surface area contributed by atoms with Crippen molar-refractivity contribution in [2.24, 2.45) is 0 Å². The van der Waals surface area contributed by atoms with E-state index in [0.29, 0.717) is 0 Å². The van der Waals surface area contributed by atoms with Crippen LogP contribution >= 0.6 is 27.5 Å². The van der Waals surface area contributed by atoms with Gasteiger partial charge in [-0.2, -0.15) is 0 Å². The molecule has 0 saturated carbocycles. The molecule has 5 heteroatoms. The quantitative estimate of drug-likeness (QED) is 0.670. The molecule has 0 fully saturated rings. The molecule has 1 atom stereocenters. The highest BCUT2D eigenvalue weighted by Gasteiger charge is 2.31. The summed E-state index contributed by atoms with van der Waals surface area (Å²) >= 11 is 9.90. The Labute approximate surface area is 154 Å². The highest BCUT2D eigenvalue weighted by molar-refractivity contribution is 9.10. The first-order chi connectivity index (χ1) is 11.7. The van der Waals surface area contributed by atoms with E-state index in [1.165, 1.54) is 11.3 Å². The number of imidazole rings is 1. The summed E-state index contributed by atoms with van der Waals surface area (Å²) in [5.74, 6) is 0. The average Bonchev–Trinajstić information content (AvgIpc) is 3.06.